The Hall–Kier alpha value is -3.02. The standard InChI is InChI=1S/C16H16F2N4O5S/c1-26-12-8-10(11(22(24)25)9-13(12)27-15(17)18)14(23)20-3-5-21(6-4-20)16-19-2-7-28-16/h2,7-9,15H,3-6H2,1H3. The Kier molecular flexibility index (Phi) is 5.87. The number of hydrogen-bond acceptors (Lipinski definition) is 8. The van der Waals surface area contributed by atoms with Crippen molar-refractivity contribution in [3.8, 4) is 11.5 Å². The summed E-state index contributed by atoms with van der Waals surface area (Å²) in [6.07, 6.45) is 1.69. The van der Waals surface area contributed by atoms with Gasteiger partial charge in [0.05, 0.1) is 18.1 Å². The molecule has 1 saturated heterocycles. The number of methoxy groups -OCH3 is 1. The summed E-state index contributed by atoms with van der Waals surface area (Å²) in [4.78, 5) is 31.2. The highest BCUT2D eigenvalue weighted by Crippen LogP contribution is 2.36. The van der Waals surface area contributed by atoms with Crippen LogP contribution < -0.4 is 14.4 Å². The van der Waals surface area contributed by atoms with E-state index in [0.29, 0.717) is 26.2 Å². The lowest BCUT2D eigenvalue weighted by atomic mass is 10.1. The highest BCUT2D eigenvalue weighted by Gasteiger charge is 2.31. The number of carbonyl (C=O) groups is 1. The molecule has 0 aliphatic carbocycles. The zero-order chi connectivity index (χ0) is 20.3. The van der Waals surface area contributed by atoms with E-state index in [2.05, 4.69) is 9.72 Å². The van der Waals surface area contributed by atoms with E-state index in [1.165, 1.54) is 23.3 Å². The van der Waals surface area contributed by atoms with Gasteiger partial charge < -0.3 is 19.3 Å². The number of nitrogens with zero attached hydrogens (tertiary/aromatic N) is 4. The predicted octanol–water partition coefficient (Wildman–Crippen LogP) is 2.62. The maximum absolute atomic E-state index is 12.9. The van der Waals surface area contributed by atoms with Gasteiger partial charge in [-0.1, -0.05) is 0 Å². The van der Waals surface area contributed by atoms with Gasteiger partial charge in [0.15, 0.2) is 16.6 Å². The van der Waals surface area contributed by atoms with Crippen LogP contribution in [0.1, 0.15) is 10.4 Å². The van der Waals surface area contributed by atoms with E-state index in [9.17, 15) is 23.7 Å². The molecule has 3 rings (SSSR count). The van der Waals surface area contributed by atoms with Gasteiger partial charge in [-0.05, 0) is 0 Å². The third kappa shape index (κ3) is 4.11. The molecule has 2 aromatic rings. The van der Waals surface area contributed by atoms with Crippen LogP contribution in [0.3, 0.4) is 0 Å². The van der Waals surface area contributed by atoms with Crippen molar-refractivity contribution in [2.45, 2.75) is 6.61 Å². The van der Waals surface area contributed by atoms with E-state index >= 15 is 0 Å². The normalized spacial score (nSPS) is 14.3. The first kappa shape index (κ1) is 19.7. The molecule has 0 radical (unpaired) electrons. The van der Waals surface area contributed by atoms with Gasteiger partial charge in [-0.3, -0.25) is 14.9 Å². The van der Waals surface area contributed by atoms with Crippen LogP contribution >= 0.6 is 11.3 Å². The number of aromatic nitrogens is 1. The van der Waals surface area contributed by atoms with E-state index in [4.69, 9.17) is 4.74 Å². The van der Waals surface area contributed by atoms with Crippen LogP contribution in [0.2, 0.25) is 0 Å². The molecule has 12 heteroatoms. The quantitative estimate of drug-likeness (QED) is 0.529. The SMILES string of the molecule is COc1cc(C(=O)N2CCN(c3nccs3)CC2)c([N+](=O)[O-])cc1OC(F)F. The second-order valence-electron chi connectivity index (χ2n) is 5.75. The lowest BCUT2D eigenvalue weighted by molar-refractivity contribution is -0.385. The Morgan fingerprint density at radius 2 is 2.00 bits per heavy atom. The number of carbonyl (C=O) groups excluding carboxylic acids is 1. The number of halogens is 2. The van der Waals surface area contributed by atoms with E-state index in [-0.39, 0.29) is 11.3 Å². The summed E-state index contributed by atoms with van der Waals surface area (Å²) in [6.45, 7) is -1.46. The van der Waals surface area contributed by atoms with Crippen molar-refractivity contribution in [2.75, 3.05) is 38.2 Å². The summed E-state index contributed by atoms with van der Waals surface area (Å²) in [5, 5.41) is 14.1. The van der Waals surface area contributed by atoms with Crippen LogP contribution in [0.15, 0.2) is 23.7 Å². The first-order valence-corrected chi connectivity index (χ1v) is 9.03. The monoisotopic (exact) mass is 414 g/mol. The lowest BCUT2D eigenvalue weighted by Gasteiger charge is -2.34. The number of alkyl halides is 2. The van der Waals surface area contributed by atoms with Gasteiger partial charge in [-0.15, -0.1) is 11.3 Å². The van der Waals surface area contributed by atoms with Crippen molar-refractivity contribution in [1.29, 1.82) is 0 Å². The number of nitro benzene ring substituents is 1. The summed E-state index contributed by atoms with van der Waals surface area (Å²) in [6, 6.07) is 1.84. The summed E-state index contributed by atoms with van der Waals surface area (Å²) in [5.41, 5.74) is -0.866. The van der Waals surface area contributed by atoms with Gasteiger partial charge in [-0.2, -0.15) is 8.78 Å². The number of amides is 1. The van der Waals surface area contributed by atoms with Crippen molar-refractivity contribution >= 4 is 28.1 Å². The van der Waals surface area contributed by atoms with Gasteiger partial charge in [0.25, 0.3) is 11.6 Å². The van der Waals surface area contributed by atoms with Crippen LogP contribution in [-0.4, -0.2) is 60.6 Å². The Labute approximate surface area is 162 Å². The van der Waals surface area contributed by atoms with Gasteiger partial charge in [0, 0.05) is 43.8 Å². The van der Waals surface area contributed by atoms with Gasteiger partial charge in [0.2, 0.25) is 0 Å². The summed E-state index contributed by atoms with van der Waals surface area (Å²) >= 11 is 1.48. The molecule has 0 unspecified atom stereocenters. The average Bonchev–Trinajstić information content (AvgIpc) is 3.21. The first-order valence-electron chi connectivity index (χ1n) is 8.15. The van der Waals surface area contributed by atoms with Crippen molar-refractivity contribution in [3.05, 3.63) is 39.4 Å². The number of thiazole rings is 1. The van der Waals surface area contributed by atoms with Crippen LogP contribution in [0.5, 0.6) is 11.5 Å². The maximum atomic E-state index is 12.9. The molecule has 1 aromatic carbocycles. The Morgan fingerprint density at radius 1 is 1.29 bits per heavy atom. The molecule has 1 amide bonds. The van der Waals surface area contributed by atoms with Gasteiger partial charge >= 0.3 is 6.61 Å². The van der Waals surface area contributed by atoms with Crippen molar-refractivity contribution in [1.82, 2.24) is 9.88 Å². The Bertz CT molecular complexity index is 857. The number of anilines is 1. The number of piperazine rings is 1. The molecule has 28 heavy (non-hydrogen) atoms. The third-order valence-electron chi connectivity index (χ3n) is 4.18. The minimum atomic E-state index is -3.19. The van der Waals surface area contributed by atoms with E-state index in [1.54, 1.807) is 6.20 Å². The molecule has 1 aliphatic heterocycles. The van der Waals surface area contributed by atoms with Crippen LogP contribution in [0.4, 0.5) is 19.6 Å². The molecule has 2 heterocycles. The smallest absolute Gasteiger partial charge is 0.387 e. The molecular formula is C16H16F2N4O5S. The molecule has 1 aliphatic rings. The summed E-state index contributed by atoms with van der Waals surface area (Å²) in [5.74, 6) is -1.27. The van der Waals surface area contributed by atoms with Crippen molar-refractivity contribution in [3.63, 3.8) is 0 Å². The molecule has 1 fully saturated rings. The molecule has 0 saturated carbocycles. The average molecular weight is 414 g/mol. The molecule has 0 spiro atoms. The van der Waals surface area contributed by atoms with Crippen LogP contribution in [-0.2, 0) is 0 Å². The third-order valence-corrected chi connectivity index (χ3v) is 5.01. The van der Waals surface area contributed by atoms with Crippen molar-refractivity contribution in [2.24, 2.45) is 0 Å². The Morgan fingerprint density at radius 3 is 2.54 bits per heavy atom. The van der Waals surface area contributed by atoms with E-state index in [1.807, 2.05) is 10.3 Å². The fourth-order valence-electron chi connectivity index (χ4n) is 2.86. The fourth-order valence-corrected chi connectivity index (χ4v) is 3.56. The minimum Gasteiger partial charge on any atom is -0.493 e. The number of rotatable bonds is 6. The van der Waals surface area contributed by atoms with Crippen LogP contribution in [0.25, 0.3) is 0 Å². The molecule has 0 N–H and O–H groups in total. The Balaban J connectivity index is 1.83. The predicted molar refractivity (Wildman–Crippen MR) is 96.5 cm³/mol. The topological polar surface area (TPSA) is 98.0 Å². The highest BCUT2D eigenvalue weighted by atomic mass is 32.1. The van der Waals surface area contributed by atoms with Crippen LogP contribution in [0, 0.1) is 10.1 Å². The van der Waals surface area contributed by atoms with Crippen molar-refractivity contribution < 1.29 is 28.0 Å². The lowest BCUT2D eigenvalue weighted by Crippen LogP contribution is -2.48. The van der Waals surface area contributed by atoms with Gasteiger partial charge in [0.1, 0.15) is 5.56 Å². The fraction of sp³-hybridized carbons (Fsp3) is 0.375. The molecular weight excluding hydrogens is 398 g/mol. The molecule has 9 nitrogen and oxygen atoms in total. The van der Waals surface area contributed by atoms with E-state index < -0.39 is 28.9 Å². The zero-order valence-corrected chi connectivity index (χ0v) is 15.5. The van der Waals surface area contributed by atoms with E-state index in [0.717, 1.165) is 17.3 Å². The molecule has 1 aromatic heterocycles. The molecule has 0 bridgehead atoms. The zero-order valence-electron chi connectivity index (χ0n) is 14.7. The summed E-state index contributed by atoms with van der Waals surface area (Å²) < 4.78 is 34.3. The van der Waals surface area contributed by atoms with Gasteiger partial charge in [-0.25, -0.2) is 4.98 Å². The number of hydrogen-bond donors (Lipinski definition) is 0. The summed E-state index contributed by atoms with van der Waals surface area (Å²) in [7, 11) is 1.19. The molecule has 150 valence electrons. The highest BCUT2D eigenvalue weighted by molar-refractivity contribution is 7.13. The number of benzene rings is 1. The number of nitro groups is 1. The second kappa shape index (κ2) is 8.33. The second-order valence-corrected chi connectivity index (χ2v) is 6.62. The largest absolute Gasteiger partial charge is 0.493 e. The molecule has 0 atom stereocenters. The maximum Gasteiger partial charge on any atom is 0.387 e. The number of ether oxygens (including phenoxy) is 2. The minimum absolute atomic E-state index is 0.185. The first-order chi connectivity index (χ1) is 13.4.